The highest BCUT2D eigenvalue weighted by atomic mass is 35.5. The molecule has 0 bridgehead atoms. The van der Waals surface area contributed by atoms with Crippen molar-refractivity contribution in [2.75, 3.05) is 6.54 Å². The molecule has 0 aliphatic carbocycles. The van der Waals surface area contributed by atoms with Crippen LogP contribution in [-0.2, 0) is 9.53 Å². The Balaban J connectivity index is 1.57. The molecular formula is C19H16ClN3O4. The zero-order valence-corrected chi connectivity index (χ0v) is 15.1. The fourth-order valence-electron chi connectivity index (χ4n) is 2.56. The molecule has 0 aliphatic rings. The summed E-state index contributed by atoms with van der Waals surface area (Å²) in [6, 6.07) is 10.3. The van der Waals surface area contributed by atoms with Crippen molar-refractivity contribution in [2.24, 2.45) is 0 Å². The molecule has 1 aromatic carbocycles. The number of para-hydroxylation sites is 1. The topological polar surface area (TPSA) is 101 Å². The number of halogens is 1. The molecule has 2 heterocycles. The summed E-state index contributed by atoms with van der Waals surface area (Å²) in [5, 5.41) is 3.49. The van der Waals surface area contributed by atoms with E-state index in [4.69, 9.17) is 16.3 Å². The van der Waals surface area contributed by atoms with Crippen LogP contribution in [0.25, 0.3) is 10.9 Å². The summed E-state index contributed by atoms with van der Waals surface area (Å²) >= 11 is 5.79. The average Bonchev–Trinajstić information content (AvgIpc) is 3.09. The summed E-state index contributed by atoms with van der Waals surface area (Å²) in [6.45, 7) is 1.10. The number of hydrogen-bond acceptors (Lipinski definition) is 5. The molecular weight excluding hydrogens is 370 g/mol. The van der Waals surface area contributed by atoms with Gasteiger partial charge in [-0.05, 0) is 25.1 Å². The SMILES string of the molecule is C[C@@H](OC(=O)CNC(=O)c1cc(Cl)ccn1)C(=O)c1c[nH]c2ccccc12. The van der Waals surface area contributed by atoms with Gasteiger partial charge in [0.2, 0.25) is 5.78 Å². The number of carbonyl (C=O) groups excluding carboxylic acids is 3. The second-order valence-electron chi connectivity index (χ2n) is 5.79. The van der Waals surface area contributed by atoms with Gasteiger partial charge >= 0.3 is 5.97 Å². The van der Waals surface area contributed by atoms with Crippen LogP contribution in [0.2, 0.25) is 5.02 Å². The van der Waals surface area contributed by atoms with Gasteiger partial charge in [-0.3, -0.25) is 19.4 Å². The van der Waals surface area contributed by atoms with E-state index in [9.17, 15) is 14.4 Å². The van der Waals surface area contributed by atoms with Crippen molar-refractivity contribution in [3.8, 4) is 0 Å². The summed E-state index contributed by atoms with van der Waals surface area (Å²) in [4.78, 5) is 43.3. The van der Waals surface area contributed by atoms with E-state index in [0.717, 1.165) is 10.9 Å². The fourth-order valence-corrected chi connectivity index (χ4v) is 2.72. The van der Waals surface area contributed by atoms with Crippen LogP contribution in [0.15, 0.2) is 48.8 Å². The first-order chi connectivity index (χ1) is 13.0. The van der Waals surface area contributed by atoms with Gasteiger partial charge in [0.25, 0.3) is 5.91 Å². The number of carbonyl (C=O) groups is 3. The molecule has 3 aromatic rings. The molecule has 0 aliphatic heterocycles. The molecule has 0 unspecified atom stereocenters. The lowest BCUT2D eigenvalue weighted by molar-refractivity contribution is -0.145. The molecule has 0 spiro atoms. The molecule has 2 N–H and O–H groups in total. The summed E-state index contributed by atoms with van der Waals surface area (Å²) in [5.41, 5.74) is 1.34. The quantitative estimate of drug-likeness (QED) is 0.502. The van der Waals surface area contributed by atoms with Gasteiger partial charge in [0.1, 0.15) is 12.2 Å². The summed E-state index contributed by atoms with van der Waals surface area (Å²) in [6.07, 6.45) is 1.99. The van der Waals surface area contributed by atoms with Crippen LogP contribution in [0.1, 0.15) is 27.8 Å². The predicted molar refractivity (Wildman–Crippen MR) is 99.8 cm³/mol. The summed E-state index contributed by atoms with van der Waals surface area (Å²) in [7, 11) is 0. The first-order valence-corrected chi connectivity index (χ1v) is 8.53. The maximum Gasteiger partial charge on any atom is 0.326 e. The Hall–Kier alpha value is -3.19. The third kappa shape index (κ3) is 4.32. The number of nitrogens with zero attached hydrogens (tertiary/aromatic N) is 1. The second kappa shape index (κ2) is 8.01. The lowest BCUT2D eigenvalue weighted by Gasteiger charge is -2.12. The molecule has 3 rings (SSSR count). The Morgan fingerprint density at radius 2 is 2.04 bits per heavy atom. The molecule has 8 heteroatoms. The Morgan fingerprint density at radius 1 is 1.26 bits per heavy atom. The summed E-state index contributed by atoms with van der Waals surface area (Å²) in [5.74, 6) is -1.63. The molecule has 27 heavy (non-hydrogen) atoms. The van der Waals surface area contributed by atoms with E-state index in [1.54, 1.807) is 6.20 Å². The number of pyridine rings is 1. The summed E-state index contributed by atoms with van der Waals surface area (Å²) < 4.78 is 5.13. The number of ketones is 1. The van der Waals surface area contributed by atoms with E-state index in [-0.39, 0.29) is 11.5 Å². The number of rotatable bonds is 6. The average molecular weight is 386 g/mol. The maximum atomic E-state index is 12.5. The number of amides is 1. The van der Waals surface area contributed by atoms with Crippen molar-refractivity contribution in [2.45, 2.75) is 13.0 Å². The van der Waals surface area contributed by atoms with Crippen LogP contribution in [0.4, 0.5) is 0 Å². The van der Waals surface area contributed by atoms with E-state index < -0.39 is 24.5 Å². The lowest BCUT2D eigenvalue weighted by atomic mass is 10.1. The number of fused-ring (bicyclic) bond motifs is 1. The first-order valence-electron chi connectivity index (χ1n) is 8.15. The van der Waals surface area contributed by atoms with Crippen LogP contribution < -0.4 is 5.32 Å². The minimum absolute atomic E-state index is 0.0817. The monoisotopic (exact) mass is 385 g/mol. The normalized spacial score (nSPS) is 11.8. The predicted octanol–water partition coefficient (Wildman–Crippen LogP) is 2.76. The van der Waals surface area contributed by atoms with Gasteiger partial charge in [-0.25, -0.2) is 0 Å². The second-order valence-corrected chi connectivity index (χ2v) is 6.22. The number of ether oxygens (including phenoxy) is 1. The van der Waals surface area contributed by atoms with E-state index >= 15 is 0 Å². The van der Waals surface area contributed by atoms with Crippen molar-refractivity contribution in [3.05, 3.63) is 65.1 Å². The maximum absolute atomic E-state index is 12.5. The Bertz CT molecular complexity index is 1010. The van der Waals surface area contributed by atoms with Gasteiger partial charge in [0.15, 0.2) is 6.10 Å². The number of H-pyrrole nitrogens is 1. The minimum Gasteiger partial charge on any atom is -0.453 e. The highest BCUT2D eigenvalue weighted by Gasteiger charge is 2.22. The van der Waals surface area contributed by atoms with Gasteiger partial charge in [0.05, 0.1) is 0 Å². The van der Waals surface area contributed by atoms with E-state index in [2.05, 4.69) is 15.3 Å². The van der Waals surface area contributed by atoms with Gasteiger partial charge in [-0.2, -0.15) is 0 Å². The number of aromatic amines is 1. The van der Waals surface area contributed by atoms with E-state index in [1.807, 2.05) is 24.3 Å². The minimum atomic E-state index is -0.988. The molecule has 0 radical (unpaired) electrons. The molecule has 138 valence electrons. The standard InChI is InChI=1S/C19H16ClN3O4/c1-11(18(25)14-9-22-15-5-3-2-4-13(14)15)27-17(24)10-23-19(26)16-8-12(20)6-7-21-16/h2-9,11,22H,10H2,1H3,(H,23,26)/t11-/m1/s1. The van der Waals surface area contributed by atoms with Gasteiger partial charge in [0, 0.05) is 33.9 Å². The van der Waals surface area contributed by atoms with Crippen molar-refractivity contribution in [1.82, 2.24) is 15.3 Å². The highest BCUT2D eigenvalue weighted by molar-refractivity contribution is 6.30. The smallest absolute Gasteiger partial charge is 0.326 e. The van der Waals surface area contributed by atoms with Gasteiger partial charge in [-0.1, -0.05) is 29.8 Å². The Labute approximate surface area is 159 Å². The van der Waals surface area contributed by atoms with Crippen LogP contribution in [0, 0.1) is 0 Å². The van der Waals surface area contributed by atoms with E-state index in [1.165, 1.54) is 25.3 Å². The fraction of sp³-hybridized carbons (Fsp3) is 0.158. The number of nitrogens with one attached hydrogen (secondary N) is 2. The number of Topliss-reactive ketones (excluding diaryl/α,β-unsaturated/α-hetero) is 1. The van der Waals surface area contributed by atoms with Crippen LogP contribution in [-0.4, -0.2) is 40.3 Å². The number of hydrogen-bond donors (Lipinski definition) is 2. The molecule has 0 saturated heterocycles. The number of aromatic nitrogens is 2. The number of esters is 1. The third-order valence-corrected chi connectivity index (χ3v) is 4.12. The van der Waals surface area contributed by atoms with Crippen molar-refractivity contribution >= 4 is 40.2 Å². The first kappa shape index (κ1) is 18.6. The zero-order chi connectivity index (χ0) is 19.4. The van der Waals surface area contributed by atoms with Crippen LogP contribution in [0.5, 0.6) is 0 Å². The van der Waals surface area contributed by atoms with Gasteiger partial charge < -0.3 is 15.0 Å². The van der Waals surface area contributed by atoms with Crippen LogP contribution >= 0.6 is 11.6 Å². The van der Waals surface area contributed by atoms with Crippen molar-refractivity contribution in [1.29, 1.82) is 0 Å². The molecule has 0 fully saturated rings. The van der Waals surface area contributed by atoms with Crippen molar-refractivity contribution < 1.29 is 19.1 Å². The van der Waals surface area contributed by atoms with Crippen molar-refractivity contribution in [3.63, 3.8) is 0 Å². The molecule has 0 saturated carbocycles. The lowest BCUT2D eigenvalue weighted by Crippen LogP contribution is -2.34. The molecule has 2 aromatic heterocycles. The molecule has 7 nitrogen and oxygen atoms in total. The largest absolute Gasteiger partial charge is 0.453 e. The number of benzene rings is 1. The molecule has 1 atom stereocenters. The highest BCUT2D eigenvalue weighted by Crippen LogP contribution is 2.19. The van der Waals surface area contributed by atoms with E-state index in [0.29, 0.717) is 10.6 Å². The Kier molecular flexibility index (Phi) is 5.52. The van der Waals surface area contributed by atoms with Gasteiger partial charge in [-0.15, -0.1) is 0 Å². The zero-order valence-electron chi connectivity index (χ0n) is 14.4. The third-order valence-electron chi connectivity index (χ3n) is 3.88. The molecule has 1 amide bonds. The van der Waals surface area contributed by atoms with Crippen LogP contribution in [0.3, 0.4) is 0 Å². The Morgan fingerprint density at radius 3 is 2.81 bits per heavy atom.